The van der Waals surface area contributed by atoms with Crippen LogP contribution in [0, 0.1) is 12.5 Å². The van der Waals surface area contributed by atoms with E-state index in [0.717, 1.165) is 0 Å². The molecule has 0 bridgehead atoms. The largest absolute Gasteiger partial charge is 0.394 e. The van der Waals surface area contributed by atoms with Crippen LogP contribution in [0.25, 0.3) is 0 Å². The molecule has 6 nitrogen and oxygen atoms in total. The van der Waals surface area contributed by atoms with Gasteiger partial charge in [-0.1, -0.05) is 6.42 Å². The molecule has 0 aromatic rings. The van der Waals surface area contributed by atoms with Crippen LogP contribution in [0.4, 0.5) is 0 Å². The second kappa shape index (κ2) is 12.2. The van der Waals surface area contributed by atoms with Gasteiger partial charge in [-0.15, -0.1) is 0 Å². The number of methoxy groups -OCH3 is 1. The van der Waals surface area contributed by atoms with Gasteiger partial charge in [0.05, 0.1) is 39.6 Å². The van der Waals surface area contributed by atoms with Crippen molar-refractivity contribution in [3.63, 3.8) is 0 Å². The van der Waals surface area contributed by atoms with Crippen LogP contribution >= 0.6 is 0 Å². The Morgan fingerprint density at radius 3 is 2.44 bits per heavy atom. The monoisotopic (exact) mass is 234 g/mol. The van der Waals surface area contributed by atoms with Crippen molar-refractivity contribution in [2.75, 3.05) is 46.8 Å². The van der Waals surface area contributed by atoms with Gasteiger partial charge in [0, 0.05) is 7.11 Å². The number of rotatable bonds is 11. The second-order valence-corrected chi connectivity index (χ2v) is 2.79. The molecule has 0 radical (unpaired) electrons. The predicted octanol–water partition coefficient (Wildman–Crippen LogP) is -0.434. The Morgan fingerprint density at radius 2 is 1.88 bits per heavy atom. The first-order valence-corrected chi connectivity index (χ1v) is 4.88. The zero-order valence-corrected chi connectivity index (χ0v) is 9.39. The van der Waals surface area contributed by atoms with Crippen LogP contribution < -0.4 is 0 Å². The summed E-state index contributed by atoms with van der Waals surface area (Å²) in [7, 11) is 1.59. The van der Waals surface area contributed by atoms with E-state index >= 15 is 0 Å². The molecule has 1 N–H and O–H groups in total. The lowest BCUT2D eigenvalue weighted by atomic mass is 10.4. The second-order valence-electron chi connectivity index (χ2n) is 2.79. The third-order valence-electron chi connectivity index (χ3n) is 1.51. The molecule has 0 fully saturated rings. The Labute approximate surface area is 95.3 Å². The smallest absolute Gasteiger partial charge is 0.153 e. The van der Waals surface area contributed by atoms with Crippen LogP contribution in [0.1, 0.15) is 0 Å². The molecule has 0 saturated carbocycles. The number of aliphatic hydroxyl groups excluding tert-OH is 1. The van der Waals surface area contributed by atoms with Gasteiger partial charge in [0.15, 0.2) is 12.2 Å². The highest BCUT2D eigenvalue weighted by molar-refractivity contribution is 4.65. The summed E-state index contributed by atoms with van der Waals surface area (Å²) >= 11 is 0. The average Bonchev–Trinajstić information content (AvgIpc) is 2.31. The van der Waals surface area contributed by atoms with Gasteiger partial charge in [0.25, 0.3) is 0 Å². The number of aliphatic hydroxyl groups is 1. The predicted molar refractivity (Wildman–Crippen MR) is 55.4 cm³/mol. The lowest BCUT2D eigenvalue weighted by Crippen LogP contribution is -2.26. The van der Waals surface area contributed by atoms with Crippen molar-refractivity contribution in [2.24, 2.45) is 0 Å². The lowest BCUT2D eigenvalue weighted by molar-refractivity contribution is -0.290. The van der Waals surface area contributed by atoms with Gasteiger partial charge in [-0.2, -0.15) is 4.89 Å². The maximum atomic E-state index is 8.52. The zero-order chi connectivity index (χ0) is 12.1. The molecular weight excluding hydrogens is 216 g/mol. The molecule has 0 aliphatic heterocycles. The summed E-state index contributed by atoms with van der Waals surface area (Å²) in [4.78, 5) is 9.17. The molecule has 1 atom stereocenters. The minimum absolute atomic E-state index is 0.0484. The van der Waals surface area contributed by atoms with E-state index in [1.54, 1.807) is 7.11 Å². The highest BCUT2D eigenvalue weighted by atomic mass is 17.2. The van der Waals surface area contributed by atoms with E-state index in [2.05, 4.69) is 4.89 Å². The first-order chi connectivity index (χ1) is 7.85. The summed E-state index contributed by atoms with van der Waals surface area (Å²) in [5.74, 6) is 0. The molecule has 0 aliphatic carbocycles. The molecule has 0 aromatic carbocycles. The van der Waals surface area contributed by atoms with Crippen molar-refractivity contribution >= 4 is 0 Å². The molecule has 6 heteroatoms. The van der Waals surface area contributed by atoms with Gasteiger partial charge < -0.3 is 19.3 Å². The summed E-state index contributed by atoms with van der Waals surface area (Å²) in [6, 6.07) is 0. The van der Waals surface area contributed by atoms with E-state index in [4.69, 9.17) is 30.6 Å². The molecule has 94 valence electrons. The summed E-state index contributed by atoms with van der Waals surface area (Å²) in [6.45, 7) is 1.64. The van der Waals surface area contributed by atoms with Gasteiger partial charge in [0.1, 0.15) is 0 Å². The maximum absolute atomic E-state index is 8.52. The quantitative estimate of drug-likeness (QED) is 0.226. The summed E-state index contributed by atoms with van der Waals surface area (Å²) in [6.07, 6.45) is 6.32. The normalized spacial score (nSPS) is 12.1. The van der Waals surface area contributed by atoms with Crippen LogP contribution in [0.15, 0.2) is 0 Å². The molecule has 16 heavy (non-hydrogen) atoms. The third-order valence-corrected chi connectivity index (χ3v) is 1.51. The summed E-state index contributed by atoms with van der Waals surface area (Å²) in [5, 5.41) is 8.52. The van der Waals surface area contributed by atoms with Gasteiger partial charge >= 0.3 is 0 Å². The molecule has 0 aromatic heterocycles. The van der Waals surface area contributed by atoms with Gasteiger partial charge in [-0.05, 0) is 0 Å². The van der Waals surface area contributed by atoms with Crippen LogP contribution in [0.2, 0.25) is 0 Å². The number of ether oxygens (including phenoxy) is 3. The van der Waals surface area contributed by atoms with Crippen molar-refractivity contribution < 1.29 is 29.1 Å². The average molecular weight is 234 g/mol. The fraction of sp³-hybridized carbons (Fsp3) is 0.800. The molecular formula is C10H18O6. The van der Waals surface area contributed by atoms with Crippen molar-refractivity contribution in [2.45, 2.75) is 6.10 Å². The van der Waals surface area contributed by atoms with E-state index in [0.29, 0.717) is 13.2 Å². The molecule has 0 heterocycles. The Kier molecular flexibility index (Phi) is 11.6. The minimum Gasteiger partial charge on any atom is -0.394 e. The number of hydrogen-bond acceptors (Lipinski definition) is 6. The van der Waals surface area contributed by atoms with Gasteiger partial charge in [-0.3, -0.25) is 4.89 Å². The standard InChI is InChI=1S/C10H18O6/c1-3-15-16-10(8-13-5-4-11)9-14-7-6-12-2/h1,10-11H,4-9H2,2H3. The maximum Gasteiger partial charge on any atom is 0.153 e. The topological polar surface area (TPSA) is 66.4 Å². The molecule has 0 spiro atoms. The van der Waals surface area contributed by atoms with E-state index in [1.165, 1.54) is 0 Å². The van der Waals surface area contributed by atoms with Crippen molar-refractivity contribution in [1.29, 1.82) is 0 Å². The molecule has 0 aliphatic rings. The van der Waals surface area contributed by atoms with E-state index in [1.807, 2.05) is 6.11 Å². The molecule has 1 unspecified atom stereocenters. The lowest BCUT2D eigenvalue weighted by Gasteiger charge is -2.14. The van der Waals surface area contributed by atoms with Crippen molar-refractivity contribution in [3.8, 4) is 12.5 Å². The van der Waals surface area contributed by atoms with Crippen LogP contribution in [-0.4, -0.2) is 58.0 Å². The van der Waals surface area contributed by atoms with E-state index in [-0.39, 0.29) is 26.4 Å². The minimum atomic E-state index is -0.431. The fourth-order valence-corrected chi connectivity index (χ4v) is 0.836. The number of terminal acetylenes is 1. The highest BCUT2D eigenvalue weighted by Crippen LogP contribution is 1.96. The SMILES string of the molecule is C#COOC(COCCO)COCCOC. The van der Waals surface area contributed by atoms with Gasteiger partial charge in [0.2, 0.25) is 0 Å². The summed E-state index contributed by atoms with van der Waals surface area (Å²) < 4.78 is 15.1. The van der Waals surface area contributed by atoms with Crippen LogP contribution in [-0.2, 0) is 24.0 Å². The fourth-order valence-electron chi connectivity index (χ4n) is 0.836. The molecule has 0 saturated heterocycles. The first-order valence-electron chi connectivity index (χ1n) is 4.88. The van der Waals surface area contributed by atoms with E-state index < -0.39 is 6.10 Å². The zero-order valence-electron chi connectivity index (χ0n) is 9.39. The first kappa shape index (κ1) is 15.2. The highest BCUT2D eigenvalue weighted by Gasteiger charge is 2.11. The Hall–Kier alpha value is -0.840. The van der Waals surface area contributed by atoms with Crippen LogP contribution in [0.5, 0.6) is 0 Å². The van der Waals surface area contributed by atoms with Crippen LogP contribution in [0.3, 0.4) is 0 Å². The number of hydrogen-bond donors (Lipinski definition) is 1. The van der Waals surface area contributed by atoms with Gasteiger partial charge in [-0.25, -0.2) is 0 Å². The summed E-state index contributed by atoms with van der Waals surface area (Å²) in [5.41, 5.74) is 0. The Morgan fingerprint density at radius 1 is 1.19 bits per heavy atom. The van der Waals surface area contributed by atoms with Crippen molar-refractivity contribution in [3.05, 3.63) is 0 Å². The van der Waals surface area contributed by atoms with Crippen molar-refractivity contribution in [1.82, 2.24) is 0 Å². The molecule has 0 rings (SSSR count). The van der Waals surface area contributed by atoms with E-state index in [9.17, 15) is 0 Å². The Bertz CT molecular complexity index is 179. The Balaban J connectivity index is 3.59. The third kappa shape index (κ3) is 9.71. The molecule has 0 amide bonds.